The Morgan fingerprint density at radius 3 is 2.41 bits per heavy atom. The normalized spacial score (nSPS) is 12.1. The topological polar surface area (TPSA) is 87.1 Å². The van der Waals surface area contributed by atoms with E-state index in [4.69, 9.17) is 5.41 Å². The van der Waals surface area contributed by atoms with Gasteiger partial charge in [-0.3, -0.25) is 9.78 Å². The fraction of sp³-hybridized carbons (Fsp3) is 0.222. The lowest BCUT2D eigenvalue weighted by Crippen LogP contribution is -2.23. The van der Waals surface area contributed by atoms with Crippen LogP contribution in [-0.4, -0.2) is 23.2 Å². The molecule has 0 fully saturated rings. The number of carbonyl (C=O) groups is 1. The first-order chi connectivity index (χ1) is 17.5. The van der Waals surface area contributed by atoms with Gasteiger partial charge in [-0.2, -0.15) is 8.78 Å². The molecule has 0 spiro atoms. The second-order valence-corrected chi connectivity index (χ2v) is 8.21. The van der Waals surface area contributed by atoms with Crippen LogP contribution in [-0.2, 0) is 10.7 Å². The Kier molecular flexibility index (Phi) is 8.65. The Bertz CT molecular complexity index is 1310. The lowest BCUT2D eigenvalue weighted by atomic mass is 10.0. The molecular formula is C27H26F4N4O2. The van der Waals surface area contributed by atoms with Gasteiger partial charge in [-0.25, -0.2) is 8.78 Å². The number of aromatic nitrogens is 1. The van der Waals surface area contributed by atoms with Gasteiger partial charge in [-0.1, -0.05) is 25.1 Å². The van der Waals surface area contributed by atoms with Crippen molar-refractivity contribution >= 4 is 23.0 Å². The summed E-state index contributed by atoms with van der Waals surface area (Å²) in [5, 5.41) is 13.9. The third-order valence-electron chi connectivity index (χ3n) is 5.35. The van der Waals surface area contributed by atoms with Crippen molar-refractivity contribution in [2.45, 2.75) is 39.7 Å². The van der Waals surface area contributed by atoms with Gasteiger partial charge in [-0.15, -0.1) is 0 Å². The maximum Gasteiger partial charge on any atom is 0.387 e. The molecule has 3 aromatic rings. The Hall–Kier alpha value is -4.21. The van der Waals surface area contributed by atoms with Crippen LogP contribution in [0.25, 0.3) is 11.1 Å². The van der Waals surface area contributed by atoms with Gasteiger partial charge in [0.25, 0.3) is 11.8 Å². The minimum atomic E-state index is -3.08. The van der Waals surface area contributed by atoms with Crippen LogP contribution >= 0.6 is 0 Å². The van der Waals surface area contributed by atoms with E-state index >= 15 is 0 Å². The van der Waals surface area contributed by atoms with Crippen molar-refractivity contribution in [2.24, 2.45) is 0 Å². The minimum absolute atomic E-state index is 0.0204. The minimum Gasteiger partial charge on any atom is -0.434 e. The molecular weight excluding hydrogens is 488 g/mol. The van der Waals surface area contributed by atoms with E-state index in [1.165, 1.54) is 49.5 Å². The highest BCUT2D eigenvalue weighted by molar-refractivity contribution is 6.24. The van der Waals surface area contributed by atoms with Crippen molar-refractivity contribution in [1.29, 1.82) is 5.41 Å². The molecule has 0 saturated heterocycles. The van der Waals surface area contributed by atoms with Gasteiger partial charge in [-0.05, 0) is 49.7 Å². The molecule has 2 aromatic carbocycles. The number of hydrogen-bond acceptors (Lipinski definition) is 5. The molecule has 0 atom stereocenters. The van der Waals surface area contributed by atoms with Crippen molar-refractivity contribution in [3.05, 3.63) is 83.8 Å². The van der Waals surface area contributed by atoms with E-state index in [0.29, 0.717) is 28.9 Å². The average Bonchev–Trinajstić information content (AvgIpc) is 2.84. The first-order valence-corrected chi connectivity index (χ1v) is 11.3. The SMILES string of the molecule is CC/C(Nc1ccc(OC(F)F)c(-c2cccnc2)c1)=C(/C(C)=N)C(=O)Nc1cccc(C(C)(F)F)c1. The van der Waals surface area contributed by atoms with E-state index < -0.39 is 18.4 Å². The first kappa shape index (κ1) is 27.4. The van der Waals surface area contributed by atoms with Gasteiger partial charge in [0.1, 0.15) is 5.75 Å². The van der Waals surface area contributed by atoms with Crippen LogP contribution in [0.4, 0.5) is 28.9 Å². The fourth-order valence-electron chi connectivity index (χ4n) is 3.65. The summed E-state index contributed by atoms with van der Waals surface area (Å²) in [6.45, 7) is 0.941. The predicted molar refractivity (Wildman–Crippen MR) is 135 cm³/mol. The zero-order chi connectivity index (χ0) is 27.2. The van der Waals surface area contributed by atoms with Gasteiger partial charge >= 0.3 is 6.61 Å². The zero-order valence-electron chi connectivity index (χ0n) is 20.4. The first-order valence-electron chi connectivity index (χ1n) is 11.3. The monoisotopic (exact) mass is 514 g/mol. The van der Waals surface area contributed by atoms with Gasteiger partial charge in [0.15, 0.2) is 0 Å². The number of anilines is 2. The number of pyridine rings is 1. The number of benzene rings is 2. The molecule has 194 valence electrons. The molecule has 6 nitrogen and oxygen atoms in total. The highest BCUT2D eigenvalue weighted by atomic mass is 19.3. The smallest absolute Gasteiger partial charge is 0.387 e. The second-order valence-electron chi connectivity index (χ2n) is 8.21. The highest BCUT2D eigenvalue weighted by Crippen LogP contribution is 2.34. The standard InChI is InChI=1S/C27H26F4N4O2/c1-4-22(24(16(2)32)25(36)35-19-9-5-8-18(13-19)27(3,30)31)34-20-10-11-23(37-26(28)29)21(14-20)17-7-6-12-33-15-17/h5-15,26,32,34H,4H2,1-3H3,(H,35,36)/b24-22+,32-16?. The summed E-state index contributed by atoms with van der Waals surface area (Å²) in [6.07, 6.45) is 3.36. The van der Waals surface area contributed by atoms with Crippen LogP contribution in [0.3, 0.4) is 0 Å². The van der Waals surface area contributed by atoms with Gasteiger partial charge in [0.2, 0.25) is 0 Å². The molecule has 0 unspecified atom stereocenters. The molecule has 3 rings (SSSR count). The van der Waals surface area contributed by atoms with E-state index in [1.807, 2.05) is 0 Å². The van der Waals surface area contributed by atoms with E-state index in [1.54, 1.807) is 31.3 Å². The van der Waals surface area contributed by atoms with E-state index in [2.05, 4.69) is 20.4 Å². The van der Waals surface area contributed by atoms with Gasteiger partial charge < -0.3 is 20.8 Å². The van der Waals surface area contributed by atoms with Crippen LogP contribution in [0, 0.1) is 5.41 Å². The molecule has 0 radical (unpaired) electrons. The van der Waals surface area contributed by atoms with Crippen molar-refractivity contribution < 1.29 is 27.1 Å². The maximum absolute atomic E-state index is 13.7. The third kappa shape index (κ3) is 7.16. The number of amides is 1. The number of nitrogens with one attached hydrogen (secondary N) is 3. The summed E-state index contributed by atoms with van der Waals surface area (Å²) in [7, 11) is 0. The Morgan fingerprint density at radius 2 is 1.81 bits per heavy atom. The molecule has 0 aliphatic rings. The number of halogens is 4. The molecule has 1 aromatic heterocycles. The number of allylic oxidation sites excluding steroid dienone is 1. The Labute approximate surface area is 211 Å². The molecule has 1 heterocycles. The van der Waals surface area contributed by atoms with Crippen LogP contribution < -0.4 is 15.4 Å². The summed E-state index contributed by atoms with van der Waals surface area (Å²) in [5.41, 5.74) is 1.59. The molecule has 0 saturated carbocycles. The highest BCUT2D eigenvalue weighted by Gasteiger charge is 2.25. The number of alkyl halides is 4. The number of nitrogens with zero attached hydrogens (tertiary/aromatic N) is 1. The molecule has 0 bridgehead atoms. The van der Waals surface area contributed by atoms with Crippen molar-refractivity contribution in [1.82, 2.24) is 4.98 Å². The molecule has 37 heavy (non-hydrogen) atoms. The summed E-state index contributed by atoms with van der Waals surface area (Å²) in [6, 6.07) is 13.1. The molecule has 0 aliphatic carbocycles. The number of rotatable bonds is 10. The molecule has 10 heteroatoms. The average molecular weight is 515 g/mol. The lowest BCUT2D eigenvalue weighted by Gasteiger charge is -2.18. The summed E-state index contributed by atoms with van der Waals surface area (Å²) >= 11 is 0. The van der Waals surface area contributed by atoms with Gasteiger partial charge in [0.05, 0.1) is 5.57 Å². The fourth-order valence-corrected chi connectivity index (χ4v) is 3.65. The quantitative estimate of drug-likeness (QED) is 0.152. The zero-order valence-corrected chi connectivity index (χ0v) is 20.4. The van der Waals surface area contributed by atoms with Crippen LogP contribution in [0.5, 0.6) is 5.75 Å². The Morgan fingerprint density at radius 1 is 1.08 bits per heavy atom. The maximum atomic E-state index is 13.7. The van der Waals surface area contributed by atoms with Crippen LogP contribution in [0.15, 0.2) is 78.3 Å². The predicted octanol–water partition coefficient (Wildman–Crippen LogP) is 7.22. The largest absolute Gasteiger partial charge is 0.434 e. The van der Waals surface area contributed by atoms with E-state index in [-0.39, 0.29) is 28.3 Å². The van der Waals surface area contributed by atoms with Gasteiger partial charge in [0, 0.05) is 58.8 Å². The summed E-state index contributed by atoms with van der Waals surface area (Å²) in [4.78, 5) is 17.1. The van der Waals surface area contributed by atoms with Crippen LogP contribution in [0.1, 0.15) is 32.8 Å². The summed E-state index contributed by atoms with van der Waals surface area (Å²) in [5.74, 6) is -3.79. The summed E-state index contributed by atoms with van der Waals surface area (Å²) < 4.78 is 58.0. The molecule has 3 N–H and O–H groups in total. The number of carbonyl (C=O) groups excluding carboxylic acids is 1. The van der Waals surface area contributed by atoms with E-state index in [0.717, 1.165) is 6.92 Å². The lowest BCUT2D eigenvalue weighted by molar-refractivity contribution is -0.112. The number of ether oxygens (including phenoxy) is 1. The van der Waals surface area contributed by atoms with Crippen molar-refractivity contribution in [3.8, 4) is 16.9 Å². The van der Waals surface area contributed by atoms with Crippen LogP contribution in [0.2, 0.25) is 0 Å². The second kappa shape index (κ2) is 11.7. The van der Waals surface area contributed by atoms with E-state index in [9.17, 15) is 22.4 Å². The Balaban J connectivity index is 1.97. The number of hydrogen-bond donors (Lipinski definition) is 3. The van der Waals surface area contributed by atoms with Crippen molar-refractivity contribution in [2.75, 3.05) is 10.6 Å². The molecule has 0 aliphatic heterocycles. The third-order valence-corrected chi connectivity index (χ3v) is 5.35. The molecule has 1 amide bonds. The van der Waals surface area contributed by atoms with Crippen molar-refractivity contribution in [3.63, 3.8) is 0 Å².